The average Bonchev–Trinajstić information content (AvgIpc) is 2.95. The van der Waals surface area contributed by atoms with Crippen molar-refractivity contribution in [3.8, 4) is 5.75 Å². The van der Waals surface area contributed by atoms with Gasteiger partial charge in [-0.05, 0) is 62.2 Å². The van der Waals surface area contributed by atoms with Crippen molar-refractivity contribution in [1.29, 1.82) is 0 Å². The fraction of sp³-hybridized carbons (Fsp3) is 0.273. The maximum absolute atomic E-state index is 13.6. The number of nitrogens with zero attached hydrogens (tertiary/aromatic N) is 1. The predicted octanol–water partition coefficient (Wildman–Crippen LogP) is 4.54. The number of ether oxygens (including phenoxy) is 1. The van der Waals surface area contributed by atoms with E-state index in [1.165, 1.54) is 41.0 Å². The van der Waals surface area contributed by atoms with Crippen LogP contribution in [-0.4, -0.2) is 28.2 Å². The van der Waals surface area contributed by atoms with Crippen LogP contribution < -0.4 is 0 Å². The molecule has 0 aliphatic rings. The number of carbonyl (C=O) groups excluding carboxylic acids is 2. The molecule has 146 valence electrons. The lowest BCUT2D eigenvalue weighted by molar-refractivity contribution is -0.145. The van der Waals surface area contributed by atoms with Crippen LogP contribution >= 0.6 is 0 Å². The van der Waals surface area contributed by atoms with E-state index in [4.69, 9.17) is 4.74 Å². The van der Waals surface area contributed by atoms with E-state index in [1.54, 1.807) is 19.9 Å². The van der Waals surface area contributed by atoms with Crippen LogP contribution in [0.2, 0.25) is 0 Å². The third-order valence-corrected chi connectivity index (χ3v) is 4.75. The van der Waals surface area contributed by atoms with Crippen molar-refractivity contribution >= 4 is 22.8 Å². The lowest BCUT2D eigenvalue weighted by Gasteiger charge is -2.13. The van der Waals surface area contributed by atoms with Crippen LogP contribution in [0.1, 0.15) is 47.8 Å². The Morgan fingerprint density at radius 3 is 2.64 bits per heavy atom. The first kappa shape index (κ1) is 19.6. The molecule has 1 N–H and O–H groups in total. The van der Waals surface area contributed by atoms with Crippen molar-refractivity contribution in [3.05, 3.63) is 65.1 Å². The van der Waals surface area contributed by atoms with Crippen molar-refractivity contribution in [3.63, 3.8) is 0 Å². The van der Waals surface area contributed by atoms with Crippen molar-refractivity contribution in [2.45, 2.75) is 33.1 Å². The fourth-order valence-electron chi connectivity index (χ4n) is 3.44. The predicted molar refractivity (Wildman–Crippen MR) is 104 cm³/mol. The Bertz CT molecular complexity index is 1050. The van der Waals surface area contributed by atoms with Crippen LogP contribution in [0.25, 0.3) is 10.9 Å². The third-order valence-electron chi connectivity index (χ3n) is 4.75. The first-order chi connectivity index (χ1) is 13.3. The first-order valence-electron chi connectivity index (χ1n) is 9.16. The summed E-state index contributed by atoms with van der Waals surface area (Å²) in [5.74, 6) is -1.91. The highest BCUT2D eigenvalue weighted by molar-refractivity contribution is 6.05. The summed E-state index contributed by atoms with van der Waals surface area (Å²) < 4.78 is 20.3. The molecule has 1 heterocycles. The molecular weight excluding hydrogens is 361 g/mol. The molecule has 2 aromatic carbocycles. The minimum atomic E-state index is -0.627. The van der Waals surface area contributed by atoms with E-state index < -0.39 is 23.6 Å². The molecule has 1 atom stereocenters. The van der Waals surface area contributed by atoms with E-state index in [1.807, 2.05) is 6.92 Å². The second-order valence-corrected chi connectivity index (χ2v) is 6.74. The summed E-state index contributed by atoms with van der Waals surface area (Å²) in [4.78, 5) is 25.6. The van der Waals surface area contributed by atoms with E-state index in [0.717, 1.165) is 0 Å². The summed E-state index contributed by atoms with van der Waals surface area (Å²) in [6.07, 6.45) is 0.706. The molecule has 0 amide bonds. The lowest BCUT2D eigenvalue weighted by atomic mass is 9.98. The van der Waals surface area contributed by atoms with Crippen LogP contribution in [0.15, 0.2) is 42.5 Å². The number of rotatable bonds is 5. The van der Waals surface area contributed by atoms with Gasteiger partial charge in [-0.2, -0.15) is 0 Å². The molecule has 0 saturated carbocycles. The number of esters is 1. The van der Waals surface area contributed by atoms with Crippen molar-refractivity contribution in [2.24, 2.45) is 0 Å². The standard InChI is InChI=1S/C22H22FNO4/c1-4-10-28-22(27)13(2)20-14(3)24(19-9-8-17(25)12-18(19)20)21(26)15-6-5-7-16(23)11-15/h5-9,11-13,25H,4,10H2,1-3H3/t13-/m1/s1. The van der Waals surface area contributed by atoms with Crippen LogP contribution in [0.5, 0.6) is 5.75 Å². The molecule has 1 aromatic heterocycles. The van der Waals surface area contributed by atoms with Gasteiger partial charge in [-0.1, -0.05) is 13.0 Å². The van der Waals surface area contributed by atoms with Gasteiger partial charge >= 0.3 is 5.97 Å². The Kier molecular flexibility index (Phi) is 5.49. The molecule has 0 fully saturated rings. The zero-order valence-corrected chi connectivity index (χ0v) is 16.0. The van der Waals surface area contributed by atoms with Crippen molar-refractivity contribution in [2.75, 3.05) is 6.61 Å². The average molecular weight is 383 g/mol. The van der Waals surface area contributed by atoms with Crippen LogP contribution in [-0.2, 0) is 9.53 Å². The van der Waals surface area contributed by atoms with Gasteiger partial charge in [0.2, 0.25) is 0 Å². The number of hydrogen-bond acceptors (Lipinski definition) is 4. The summed E-state index contributed by atoms with van der Waals surface area (Å²) in [7, 11) is 0. The molecule has 3 aromatic rings. The maximum Gasteiger partial charge on any atom is 0.313 e. The van der Waals surface area contributed by atoms with Crippen molar-refractivity contribution < 1.29 is 23.8 Å². The lowest BCUT2D eigenvalue weighted by Crippen LogP contribution is -2.17. The molecule has 0 bridgehead atoms. The molecule has 5 nitrogen and oxygen atoms in total. The highest BCUT2D eigenvalue weighted by Crippen LogP contribution is 2.35. The van der Waals surface area contributed by atoms with Gasteiger partial charge in [-0.25, -0.2) is 4.39 Å². The number of fused-ring (bicyclic) bond motifs is 1. The molecule has 6 heteroatoms. The minimum Gasteiger partial charge on any atom is -0.508 e. The molecule has 0 spiro atoms. The Balaban J connectivity index is 2.18. The topological polar surface area (TPSA) is 68.5 Å². The minimum absolute atomic E-state index is 0.0261. The van der Waals surface area contributed by atoms with Crippen LogP contribution in [0.4, 0.5) is 4.39 Å². The number of benzene rings is 2. The summed E-state index contributed by atoms with van der Waals surface area (Å²) >= 11 is 0. The summed E-state index contributed by atoms with van der Waals surface area (Å²) in [6, 6.07) is 10.1. The molecule has 28 heavy (non-hydrogen) atoms. The maximum atomic E-state index is 13.6. The van der Waals surface area contributed by atoms with Crippen LogP contribution in [0, 0.1) is 12.7 Å². The zero-order valence-electron chi connectivity index (χ0n) is 16.0. The summed E-state index contributed by atoms with van der Waals surface area (Å²) in [5, 5.41) is 10.5. The molecular formula is C22H22FNO4. The highest BCUT2D eigenvalue weighted by Gasteiger charge is 2.27. The normalized spacial score (nSPS) is 12.1. The van der Waals surface area contributed by atoms with E-state index in [-0.39, 0.29) is 11.3 Å². The highest BCUT2D eigenvalue weighted by atomic mass is 19.1. The van der Waals surface area contributed by atoms with Gasteiger partial charge in [0.15, 0.2) is 0 Å². The Labute approximate surface area is 162 Å². The molecule has 0 aliphatic heterocycles. The van der Waals surface area contributed by atoms with E-state index in [2.05, 4.69) is 0 Å². The third kappa shape index (κ3) is 3.50. The van der Waals surface area contributed by atoms with E-state index >= 15 is 0 Å². The molecule has 0 radical (unpaired) electrons. The van der Waals surface area contributed by atoms with Gasteiger partial charge in [0, 0.05) is 16.6 Å². The van der Waals surface area contributed by atoms with Crippen LogP contribution in [0.3, 0.4) is 0 Å². The number of aromatic nitrogens is 1. The SMILES string of the molecule is CCCOC(=O)[C@H](C)c1c(C)n(C(=O)c2cccc(F)c2)c2ccc(O)cc12. The Morgan fingerprint density at radius 1 is 1.21 bits per heavy atom. The van der Waals surface area contributed by atoms with Crippen molar-refractivity contribution in [1.82, 2.24) is 4.57 Å². The monoisotopic (exact) mass is 383 g/mol. The number of aromatic hydroxyl groups is 1. The number of phenolic OH excluding ortho intramolecular Hbond substituents is 1. The number of carbonyl (C=O) groups is 2. The second-order valence-electron chi connectivity index (χ2n) is 6.74. The van der Waals surface area contributed by atoms with Gasteiger partial charge in [-0.15, -0.1) is 0 Å². The zero-order chi connectivity index (χ0) is 20.4. The molecule has 0 unspecified atom stereocenters. The quantitative estimate of drug-likeness (QED) is 0.657. The van der Waals surface area contributed by atoms with Gasteiger partial charge in [0.05, 0.1) is 18.0 Å². The molecule has 3 rings (SSSR count). The Hall–Kier alpha value is -3.15. The largest absolute Gasteiger partial charge is 0.508 e. The van der Waals surface area contributed by atoms with Gasteiger partial charge in [-0.3, -0.25) is 14.2 Å². The Morgan fingerprint density at radius 2 is 1.96 bits per heavy atom. The number of halogens is 1. The van der Waals surface area contributed by atoms with Gasteiger partial charge in [0.1, 0.15) is 11.6 Å². The molecule has 0 aliphatic carbocycles. The smallest absolute Gasteiger partial charge is 0.313 e. The van der Waals surface area contributed by atoms with E-state index in [0.29, 0.717) is 35.2 Å². The van der Waals surface area contributed by atoms with E-state index in [9.17, 15) is 19.1 Å². The van der Waals surface area contributed by atoms with Gasteiger partial charge < -0.3 is 9.84 Å². The molecule has 0 saturated heterocycles. The summed E-state index contributed by atoms with van der Waals surface area (Å²) in [5.41, 5.74) is 1.89. The summed E-state index contributed by atoms with van der Waals surface area (Å²) in [6.45, 7) is 5.66. The van der Waals surface area contributed by atoms with Gasteiger partial charge in [0.25, 0.3) is 5.91 Å². The first-order valence-corrected chi connectivity index (χ1v) is 9.16. The number of phenols is 1. The second kappa shape index (κ2) is 7.84. The fourth-order valence-corrected chi connectivity index (χ4v) is 3.44. The number of hydrogen-bond donors (Lipinski definition) is 1.